The van der Waals surface area contributed by atoms with Crippen LogP contribution in [0.15, 0.2) is 24.4 Å². The Morgan fingerprint density at radius 3 is 2.80 bits per heavy atom. The van der Waals surface area contributed by atoms with Crippen molar-refractivity contribution < 1.29 is 0 Å². The van der Waals surface area contributed by atoms with E-state index in [0.717, 1.165) is 5.92 Å². The number of para-hydroxylation sites is 1. The molecular formula is C14H17N. The monoisotopic (exact) mass is 199 g/mol. The van der Waals surface area contributed by atoms with Crippen LogP contribution in [0.4, 0.5) is 0 Å². The highest BCUT2D eigenvalue weighted by Crippen LogP contribution is 2.37. The molecule has 3 rings (SSSR count). The smallest absolute Gasteiger partial charge is 0.0486 e. The van der Waals surface area contributed by atoms with Gasteiger partial charge in [-0.2, -0.15) is 0 Å². The van der Waals surface area contributed by atoms with Gasteiger partial charge in [0, 0.05) is 17.1 Å². The Hall–Kier alpha value is -1.24. The molecule has 1 N–H and O–H groups in total. The van der Waals surface area contributed by atoms with Gasteiger partial charge >= 0.3 is 0 Å². The summed E-state index contributed by atoms with van der Waals surface area (Å²) in [6.07, 6.45) is 7.79. The molecule has 0 bridgehead atoms. The first-order valence-electron chi connectivity index (χ1n) is 5.93. The Kier molecular flexibility index (Phi) is 2.05. The molecule has 0 spiro atoms. The highest BCUT2D eigenvalue weighted by molar-refractivity contribution is 5.86. The predicted molar refractivity (Wildman–Crippen MR) is 64.2 cm³/mol. The lowest BCUT2D eigenvalue weighted by molar-refractivity contribution is 0.729. The van der Waals surface area contributed by atoms with E-state index in [1.807, 2.05) is 0 Å². The van der Waals surface area contributed by atoms with Gasteiger partial charge in [0.2, 0.25) is 0 Å². The molecule has 0 unspecified atom stereocenters. The fourth-order valence-electron chi connectivity index (χ4n) is 2.90. The van der Waals surface area contributed by atoms with Gasteiger partial charge in [-0.15, -0.1) is 0 Å². The second-order valence-corrected chi connectivity index (χ2v) is 4.72. The van der Waals surface area contributed by atoms with E-state index in [-0.39, 0.29) is 0 Å². The maximum Gasteiger partial charge on any atom is 0.0486 e. The van der Waals surface area contributed by atoms with E-state index in [4.69, 9.17) is 0 Å². The third-order valence-corrected chi connectivity index (χ3v) is 3.75. The Morgan fingerprint density at radius 2 is 2.00 bits per heavy atom. The Bertz CT molecular complexity index is 475. The molecule has 1 aliphatic rings. The minimum atomic E-state index is 0.806. The van der Waals surface area contributed by atoms with E-state index in [9.17, 15) is 0 Å². The van der Waals surface area contributed by atoms with Crippen LogP contribution in [0, 0.1) is 6.92 Å². The van der Waals surface area contributed by atoms with Crippen molar-refractivity contribution in [1.29, 1.82) is 0 Å². The first-order valence-corrected chi connectivity index (χ1v) is 5.93. The summed E-state index contributed by atoms with van der Waals surface area (Å²) in [5.41, 5.74) is 4.24. The third-order valence-electron chi connectivity index (χ3n) is 3.75. The summed E-state index contributed by atoms with van der Waals surface area (Å²) in [5, 5.41) is 1.45. The lowest BCUT2D eigenvalue weighted by Gasteiger charge is -2.07. The molecule has 0 radical (unpaired) electrons. The molecule has 1 aliphatic carbocycles. The number of aromatic amines is 1. The van der Waals surface area contributed by atoms with Crippen molar-refractivity contribution in [3.05, 3.63) is 35.5 Å². The van der Waals surface area contributed by atoms with E-state index < -0.39 is 0 Å². The summed E-state index contributed by atoms with van der Waals surface area (Å²) in [6.45, 7) is 2.18. The molecule has 0 amide bonds. The maximum absolute atomic E-state index is 3.43. The fraction of sp³-hybridized carbons (Fsp3) is 0.429. The van der Waals surface area contributed by atoms with Gasteiger partial charge in [0.05, 0.1) is 0 Å². The van der Waals surface area contributed by atoms with Gasteiger partial charge in [-0.3, -0.25) is 0 Å². The van der Waals surface area contributed by atoms with Crippen molar-refractivity contribution in [2.45, 2.75) is 38.5 Å². The van der Waals surface area contributed by atoms with Gasteiger partial charge in [0.25, 0.3) is 0 Å². The van der Waals surface area contributed by atoms with Gasteiger partial charge < -0.3 is 4.98 Å². The number of aromatic nitrogens is 1. The van der Waals surface area contributed by atoms with Crippen LogP contribution in [0.1, 0.15) is 42.7 Å². The van der Waals surface area contributed by atoms with E-state index in [1.54, 1.807) is 5.56 Å². The lowest BCUT2D eigenvalue weighted by Crippen LogP contribution is -1.89. The van der Waals surface area contributed by atoms with Gasteiger partial charge in [0.15, 0.2) is 0 Å². The number of hydrogen-bond donors (Lipinski definition) is 1. The number of aryl methyl sites for hydroxylation is 1. The van der Waals surface area contributed by atoms with Crippen molar-refractivity contribution in [3.8, 4) is 0 Å². The quantitative estimate of drug-likeness (QED) is 0.710. The molecule has 15 heavy (non-hydrogen) atoms. The van der Waals surface area contributed by atoms with E-state index >= 15 is 0 Å². The van der Waals surface area contributed by atoms with Crippen molar-refractivity contribution >= 4 is 10.9 Å². The molecule has 78 valence electrons. The minimum absolute atomic E-state index is 0.806. The summed E-state index contributed by atoms with van der Waals surface area (Å²) in [4.78, 5) is 3.43. The molecule has 0 saturated heterocycles. The van der Waals surface area contributed by atoms with Crippen molar-refractivity contribution in [2.24, 2.45) is 0 Å². The molecule has 0 aliphatic heterocycles. The fourth-order valence-corrected chi connectivity index (χ4v) is 2.90. The molecule has 1 heteroatoms. The van der Waals surface area contributed by atoms with E-state index in [2.05, 4.69) is 36.3 Å². The van der Waals surface area contributed by atoms with Crippen LogP contribution in [-0.2, 0) is 0 Å². The summed E-state index contributed by atoms with van der Waals surface area (Å²) < 4.78 is 0. The van der Waals surface area contributed by atoms with Gasteiger partial charge in [-0.05, 0) is 36.8 Å². The molecule has 1 aromatic heterocycles. The van der Waals surface area contributed by atoms with Gasteiger partial charge in [-0.1, -0.05) is 31.0 Å². The van der Waals surface area contributed by atoms with Crippen LogP contribution < -0.4 is 0 Å². The summed E-state index contributed by atoms with van der Waals surface area (Å²) in [7, 11) is 0. The minimum Gasteiger partial charge on any atom is -0.361 e. The zero-order chi connectivity index (χ0) is 10.3. The molecule has 1 fully saturated rings. The Morgan fingerprint density at radius 1 is 1.20 bits per heavy atom. The average molecular weight is 199 g/mol. The number of H-pyrrole nitrogens is 1. The Labute approximate surface area is 90.5 Å². The first kappa shape index (κ1) is 9.02. The number of benzene rings is 1. The molecule has 1 aromatic carbocycles. The second-order valence-electron chi connectivity index (χ2n) is 4.72. The average Bonchev–Trinajstić information content (AvgIpc) is 2.85. The van der Waals surface area contributed by atoms with Crippen LogP contribution in [0.5, 0.6) is 0 Å². The van der Waals surface area contributed by atoms with Crippen LogP contribution in [0.3, 0.4) is 0 Å². The summed E-state index contributed by atoms with van der Waals surface area (Å²) in [6, 6.07) is 6.60. The highest BCUT2D eigenvalue weighted by Gasteiger charge is 2.20. The number of nitrogens with one attached hydrogen (secondary N) is 1. The van der Waals surface area contributed by atoms with Crippen molar-refractivity contribution in [2.75, 3.05) is 0 Å². The molecular weight excluding hydrogens is 182 g/mol. The first-order chi connectivity index (χ1) is 7.36. The lowest BCUT2D eigenvalue weighted by atomic mass is 9.96. The highest BCUT2D eigenvalue weighted by atomic mass is 14.7. The number of rotatable bonds is 1. The normalized spacial score (nSPS) is 17.7. The topological polar surface area (TPSA) is 15.8 Å². The van der Waals surface area contributed by atoms with Crippen LogP contribution in [0.2, 0.25) is 0 Å². The number of hydrogen-bond acceptors (Lipinski definition) is 0. The maximum atomic E-state index is 3.43. The zero-order valence-corrected chi connectivity index (χ0v) is 9.22. The molecule has 2 aromatic rings. The second kappa shape index (κ2) is 3.41. The van der Waals surface area contributed by atoms with Crippen LogP contribution in [-0.4, -0.2) is 4.98 Å². The van der Waals surface area contributed by atoms with Gasteiger partial charge in [0.1, 0.15) is 0 Å². The van der Waals surface area contributed by atoms with Crippen molar-refractivity contribution in [1.82, 2.24) is 4.98 Å². The predicted octanol–water partition coefficient (Wildman–Crippen LogP) is 4.13. The van der Waals surface area contributed by atoms with Crippen molar-refractivity contribution in [3.63, 3.8) is 0 Å². The molecule has 0 atom stereocenters. The van der Waals surface area contributed by atoms with E-state index in [1.165, 1.54) is 42.1 Å². The summed E-state index contributed by atoms with van der Waals surface area (Å²) in [5.74, 6) is 0.806. The molecule has 1 heterocycles. The van der Waals surface area contributed by atoms with Gasteiger partial charge in [-0.25, -0.2) is 0 Å². The largest absolute Gasteiger partial charge is 0.361 e. The molecule has 1 nitrogen and oxygen atoms in total. The standard InChI is InChI=1S/C14H17N/c1-10-5-4-8-12-13(9-15-14(10)12)11-6-2-3-7-11/h4-5,8-9,11,15H,2-3,6-7H2,1H3. The molecule has 1 saturated carbocycles. The number of fused-ring (bicyclic) bond motifs is 1. The third kappa shape index (κ3) is 1.38. The van der Waals surface area contributed by atoms with Crippen LogP contribution in [0.25, 0.3) is 10.9 Å². The van der Waals surface area contributed by atoms with Crippen LogP contribution >= 0.6 is 0 Å². The Balaban J connectivity index is 2.15. The zero-order valence-electron chi connectivity index (χ0n) is 9.22. The van der Waals surface area contributed by atoms with E-state index in [0.29, 0.717) is 0 Å². The SMILES string of the molecule is Cc1cccc2c(C3CCCC3)c[nH]c12. The summed E-state index contributed by atoms with van der Waals surface area (Å²) >= 11 is 0.